The minimum atomic E-state index is 0.0178. The third-order valence-corrected chi connectivity index (χ3v) is 3.58. The Morgan fingerprint density at radius 2 is 2.00 bits per heavy atom. The minimum absolute atomic E-state index is 0.0178. The second-order valence-corrected chi connectivity index (χ2v) is 4.93. The van der Waals surface area contributed by atoms with Gasteiger partial charge in [0, 0.05) is 0 Å². The van der Waals surface area contributed by atoms with E-state index < -0.39 is 0 Å². The molecule has 2 N–H and O–H groups in total. The zero-order valence-electron chi connectivity index (χ0n) is 10.4. The summed E-state index contributed by atoms with van der Waals surface area (Å²) in [7, 11) is 0. The molecule has 16 heavy (non-hydrogen) atoms. The number of nitrogens with two attached hydrogens (primary N) is 1. The van der Waals surface area contributed by atoms with Crippen molar-refractivity contribution >= 4 is 0 Å². The Morgan fingerprint density at radius 3 is 2.56 bits per heavy atom. The Bertz CT molecular complexity index is 375. The molecule has 1 aliphatic heterocycles. The maximum Gasteiger partial charge on any atom is 0.0772 e. The lowest BCUT2D eigenvalue weighted by Crippen LogP contribution is -2.26. The summed E-state index contributed by atoms with van der Waals surface area (Å²) in [5, 5.41) is 0. The zero-order valence-corrected chi connectivity index (χ0v) is 10.4. The van der Waals surface area contributed by atoms with Gasteiger partial charge in [-0.05, 0) is 50.3 Å². The van der Waals surface area contributed by atoms with E-state index in [9.17, 15) is 0 Å². The van der Waals surface area contributed by atoms with E-state index in [1.165, 1.54) is 16.7 Å². The van der Waals surface area contributed by atoms with E-state index in [0.29, 0.717) is 6.10 Å². The van der Waals surface area contributed by atoms with E-state index >= 15 is 0 Å². The number of rotatable bonds is 2. The van der Waals surface area contributed by atoms with E-state index in [1.807, 2.05) is 0 Å². The van der Waals surface area contributed by atoms with Crippen molar-refractivity contribution in [3.63, 3.8) is 0 Å². The fourth-order valence-electron chi connectivity index (χ4n) is 2.28. The molecule has 0 aromatic heterocycles. The Kier molecular flexibility index (Phi) is 3.31. The van der Waals surface area contributed by atoms with E-state index in [4.69, 9.17) is 10.5 Å². The molecule has 0 spiro atoms. The lowest BCUT2D eigenvalue weighted by molar-refractivity contribution is 0.0401. The highest BCUT2D eigenvalue weighted by Crippen LogP contribution is 2.29. The average Bonchev–Trinajstić information content (AvgIpc) is 2.68. The van der Waals surface area contributed by atoms with Crippen LogP contribution >= 0.6 is 0 Å². The molecule has 0 amide bonds. The Hall–Kier alpha value is -0.860. The molecule has 0 aliphatic carbocycles. The van der Waals surface area contributed by atoms with Crippen molar-refractivity contribution in [3.05, 3.63) is 34.9 Å². The highest BCUT2D eigenvalue weighted by Gasteiger charge is 2.28. The first-order chi connectivity index (χ1) is 7.58. The molecule has 2 nitrogen and oxygen atoms in total. The predicted molar refractivity (Wildman–Crippen MR) is 66.4 cm³/mol. The van der Waals surface area contributed by atoms with Gasteiger partial charge in [0.2, 0.25) is 0 Å². The summed E-state index contributed by atoms with van der Waals surface area (Å²) >= 11 is 0. The van der Waals surface area contributed by atoms with Gasteiger partial charge in [-0.3, -0.25) is 0 Å². The fraction of sp³-hybridized carbons (Fsp3) is 0.571. The maximum absolute atomic E-state index is 6.26. The number of aryl methyl sites for hydroxylation is 2. The van der Waals surface area contributed by atoms with E-state index in [2.05, 4.69) is 39.0 Å². The fourth-order valence-corrected chi connectivity index (χ4v) is 2.28. The summed E-state index contributed by atoms with van der Waals surface area (Å²) in [6, 6.07) is 6.47. The lowest BCUT2D eigenvalue weighted by atomic mass is 9.97. The largest absolute Gasteiger partial charge is 0.373 e. The molecule has 0 radical (unpaired) electrons. The first-order valence-corrected chi connectivity index (χ1v) is 6.06. The van der Waals surface area contributed by atoms with Crippen LogP contribution in [0.15, 0.2) is 18.2 Å². The third kappa shape index (κ3) is 2.28. The van der Waals surface area contributed by atoms with Gasteiger partial charge in [0.1, 0.15) is 0 Å². The second-order valence-electron chi connectivity index (χ2n) is 4.93. The summed E-state index contributed by atoms with van der Waals surface area (Å²) in [5.41, 5.74) is 10.1. The van der Waals surface area contributed by atoms with Gasteiger partial charge in [-0.15, -0.1) is 0 Å². The van der Waals surface area contributed by atoms with Crippen molar-refractivity contribution in [3.8, 4) is 0 Å². The van der Waals surface area contributed by atoms with Gasteiger partial charge >= 0.3 is 0 Å². The lowest BCUT2D eigenvalue weighted by Gasteiger charge is -2.20. The monoisotopic (exact) mass is 219 g/mol. The number of benzene rings is 1. The first-order valence-electron chi connectivity index (χ1n) is 6.06. The van der Waals surface area contributed by atoms with Crippen LogP contribution in [0.3, 0.4) is 0 Å². The molecule has 0 bridgehead atoms. The summed E-state index contributed by atoms with van der Waals surface area (Å²) < 4.78 is 5.82. The van der Waals surface area contributed by atoms with Gasteiger partial charge in [0.15, 0.2) is 0 Å². The molecule has 2 rings (SSSR count). The molecule has 88 valence electrons. The summed E-state index contributed by atoms with van der Waals surface area (Å²) in [4.78, 5) is 0. The topological polar surface area (TPSA) is 35.2 Å². The number of hydrogen-bond donors (Lipinski definition) is 1. The predicted octanol–water partition coefficient (Wildman–Crippen LogP) is 2.87. The van der Waals surface area contributed by atoms with E-state index in [-0.39, 0.29) is 12.1 Å². The summed E-state index contributed by atoms with van der Waals surface area (Å²) in [6.07, 6.45) is 2.76. The van der Waals surface area contributed by atoms with Crippen LogP contribution in [-0.2, 0) is 4.74 Å². The van der Waals surface area contributed by atoms with Gasteiger partial charge in [-0.1, -0.05) is 18.2 Å². The molecule has 1 heterocycles. The van der Waals surface area contributed by atoms with Crippen LogP contribution in [0.4, 0.5) is 0 Å². The molecule has 1 aromatic rings. The molecular formula is C14H21NO. The second kappa shape index (κ2) is 4.56. The average molecular weight is 219 g/mol. The maximum atomic E-state index is 6.26. The van der Waals surface area contributed by atoms with Gasteiger partial charge in [0.25, 0.3) is 0 Å². The molecule has 2 heteroatoms. The molecule has 1 saturated heterocycles. The van der Waals surface area contributed by atoms with Crippen molar-refractivity contribution in [2.75, 3.05) is 0 Å². The van der Waals surface area contributed by atoms with Crippen LogP contribution in [0.5, 0.6) is 0 Å². The number of hydrogen-bond acceptors (Lipinski definition) is 2. The molecule has 3 unspecified atom stereocenters. The SMILES string of the molecule is Cc1ccc(C(N)C2CCC(C)O2)cc1C. The van der Waals surface area contributed by atoms with Gasteiger partial charge < -0.3 is 10.5 Å². The highest BCUT2D eigenvalue weighted by molar-refractivity contribution is 5.32. The van der Waals surface area contributed by atoms with Crippen LogP contribution < -0.4 is 5.73 Å². The molecule has 1 fully saturated rings. The summed E-state index contributed by atoms with van der Waals surface area (Å²) in [5.74, 6) is 0. The van der Waals surface area contributed by atoms with E-state index in [1.54, 1.807) is 0 Å². The first kappa shape index (κ1) is 11.6. The molecule has 3 atom stereocenters. The minimum Gasteiger partial charge on any atom is -0.373 e. The zero-order chi connectivity index (χ0) is 11.7. The van der Waals surface area contributed by atoms with Crippen LogP contribution in [-0.4, -0.2) is 12.2 Å². The Balaban J connectivity index is 2.14. The van der Waals surface area contributed by atoms with Crippen molar-refractivity contribution in [1.29, 1.82) is 0 Å². The van der Waals surface area contributed by atoms with Crippen molar-refractivity contribution in [1.82, 2.24) is 0 Å². The highest BCUT2D eigenvalue weighted by atomic mass is 16.5. The Labute approximate surface area is 97.8 Å². The van der Waals surface area contributed by atoms with Crippen LogP contribution in [0.25, 0.3) is 0 Å². The Morgan fingerprint density at radius 1 is 1.25 bits per heavy atom. The van der Waals surface area contributed by atoms with Gasteiger partial charge in [-0.2, -0.15) is 0 Å². The number of ether oxygens (including phenoxy) is 1. The molecule has 1 aromatic carbocycles. The van der Waals surface area contributed by atoms with Crippen molar-refractivity contribution in [2.24, 2.45) is 5.73 Å². The van der Waals surface area contributed by atoms with Gasteiger partial charge in [0.05, 0.1) is 18.2 Å². The summed E-state index contributed by atoms with van der Waals surface area (Å²) in [6.45, 7) is 6.37. The van der Waals surface area contributed by atoms with Crippen molar-refractivity contribution in [2.45, 2.75) is 51.9 Å². The smallest absolute Gasteiger partial charge is 0.0772 e. The standard InChI is InChI=1S/C14H21NO/c1-9-4-6-12(8-10(9)2)14(15)13-7-5-11(3)16-13/h4,6,8,11,13-14H,5,7,15H2,1-3H3. The van der Waals surface area contributed by atoms with Gasteiger partial charge in [-0.25, -0.2) is 0 Å². The molecule has 1 aliphatic rings. The molecular weight excluding hydrogens is 198 g/mol. The van der Waals surface area contributed by atoms with Crippen molar-refractivity contribution < 1.29 is 4.74 Å². The normalized spacial score (nSPS) is 27.0. The molecule has 0 saturated carbocycles. The van der Waals surface area contributed by atoms with Crippen LogP contribution in [0, 0.1) is 13.8 Å². The third-order valence-electron chi connectivity index (χ3n) is 3.58. The quantitative estimate of drug-likeness (QED) is 0.830. The van der Waals surface area contributed by atoms with Crippen LogP contribution in [0.1, 0.15) is 42.5 Å². The van der Waals surface area contributed by atoms with Crippen LogP contribution in [0.2, 0.25) is 0 Å². The van der Waals surface area contributed by atoms with E-state index in [0.717, 1.165) is 12.8 Å².